The predicted octanol–water partition coefficient (Wildman–Crippen LogP) is 7.75. The lowest BCUT2D eigenvalue weighted by Crippen LogP contribution is -2.32. The van der Waals surface area contributed by atoms with Crippen LogP contribution < -0.4 is 5.32 Å². The van der Waals surface area contributed by atoms with Gasteiger partial charge in [-0.05, 0) is 79.7 Å². The number of nitrogens with zero attached hydrogens (tertiary/aromatic N) is 3. The van der Waals surface area contributed by atoms with Crippen molar-refractivity contribution >= 4 is 22.2 Å². The molecule has 0 radical (unpaired) electrons. The average molecular weight is 521 g/mol. The van der Waals surface area contributed by atoms with Gasteiger partial charge in [-0.25, -0.2) is 13.8 Å². The van der Waals surface area contributed by atoms with Gasteiger partial charge in [-0.3, -0.25) is 0 Å². The lowest BCUT2D eigenvalue weighted by atomic mass is 9.88. The molecule has 1 atom stereocenters. The third kappa shape index (κ3) is 5.20. The average Bonchev–Trinajstić information content (AvgIpc) is 3.55. The first-order chi connectivity index (χ1) is 17.9. The molecule has 2 aromatic carbocycles. The molecule has 194 valence electrons. The number of fused-ring (bicyclic) bond motifs is 1. The SMILES string of the molecule is C=C(Nc1nccs1)C(C)N1Cc2c(cc(-c3ccc(C4CCN(CC)CC4)cc3)cc2C(F)F)C1=C. The van der Waals surface area contributed by atoms with E-state index in [0.29, 0.717) is 18.0 Å². The lowest BCUT2D eigenvalue weighted by Gasteiger charge is -2.31. The van der Waals surface area contributed by atoms with Crippen LogP contribution in [0.25, 0.3) is 16.8 Å². The number of halogens is 2. The van der Waals surface area contributed by atoms with Crippen LogP contribution >= 0.6 is 11.3 Å². The summed E-state index contributed by atoms with van der Waals surface area (Å²) in [4.78, 5) is 8.78. The molecule has 4 nitrogen and oxygen atoms in total. The number of anilines is 1. The molecule has 1 aromatic heterocycles. The lowest BCUT2D eigenvalue weighted by molar-refractivity contribution is 0.149. The quantitative estimate of drug-likeness (QED) is 0.329. The fourth-order valence-corrected chi connectivity index (χ4v) is 6.09. The number of piperidine rings is 1. The van der Waals surface area contributed by atoms with Crippen molar-refractivity contribution in [3.8, 4) is 11.1 Å². The Bertz CT molecular complexity index is 1260. The Balaban J connectivity index is 1.38. The van der Waals surface area contributed by atoms with Gasteiger partial charge in [-0.15, -0.1) is 11.3 Å². The number of alkyl halides is 2. The van der Waals surface area contributed by atoms with Gasteiger partial charge in [0, 0.05) is 40.6 Å². The zero-order valence-corrected chi connectivity index (χ0v) is 22.3. The summed E-state index contributed by atoms with van der Waals surface area (Å²) in [5.41, 5.74) is 6.11. The summed E-state index contributed by atoms with van der Waals surface area (Å²) in [6, 6.07) is 12.0. The topological polar surface area (TPSA) is 31.4 Å². The summed E-state index contributed by atoms with van der Waals surface area (Å²) in [7, 11) is 0. The maximum absolute atomic E-state index is 14.3. The predicted molar refractivity (Wildman–Crippen MR) is 150 cm³/mol. The summed E-state index contributed by atoms with van der Waals surface area (Å²) < 4.78 is 28.5. The Morgan fingerprint density at radius 2 is 1.89 bits per heavy atom. The first-order valence-corrected chi connectivity index (χ1v) is 13.8. The number of hydrogen-bond donors (Lipinski definition) is 1. The molecule has 2 aliphatic heterocycles. The van der Waals surface area contributed by atoms with Gasteiger partial charge in [0.05, 0.1) is 6.04 Å². The van der Waals surface area contributed by atoms with Crippen molar-refractivity contribution in [2.45, 2.75) is 51.6 Å². The van der Waals surface area contributed by atoms with Gasteiger partial charge in [0.25, 0.3) is 6.43 Å². The fraction of sp³-hybridized carbons (Fsp3) is 0.367. The Kier molecular flexibility index (Phi) is 7.45. The highest BCUT2D eigenvalue weighted by Gasteiger charge is 2.32. The van der Waals surface area contributed by atoms with E-state index in [9.17, 15) is 8.78 Å². The number of benzene rings is 2. The van der Waals surface area contributed by atoms with Gasteiger partial charge in [0.2, 0.25) is 0 Å². The van der Waals surface area contributed by atoms with Crippen molar-refractivity contribution < 1.29 is 8.78 Å². The van der Waals surface area contributed by atoms with Crippen LogP contribution in [-0.2, 0) is 6.54 Å². The van der Waals surface area contributed by atoms with E-state index in [1.54, 1.807) is 12.3 Å². The van der Waals surface area contributed by atoms with E-state index < -0.39 is 6.43 Å². The number of nitrogens with one attached hydrogen (secondary N) is 1. The van der Waals surface area contributed by atoms with Crippen molar-refractivity contribution in [3.63, 3.8) is 0 Å². The van der Waals surface area contributed by atoms with Crippen LogP contribution in [0.15, 0.2) is 66.8 Å². The van der Waals surface area contributed by atoms with E-state index in [4.69, 9.17) is 0 Å². The summed E-state index contributed by atoms with van der Waals surface area (Å²) in [5.74, 6) is 0.564. The highest BCUT2D eigenvalue weighted by Crippen LogP contribution is 2.42. The van der Waals surface area contributed by atoms with Gasteiger partial charge in [-0.2, -0.15) is 0 Å². The molecule has 0 saturated carbocycles. The van der Waals surface area contributed by atoms with Gasteiger partial charge < -0.3 is 15.1 Å². The molecular weight excluding hydrogens is 486 g/mol. The van der Waals surface area contributed by atoms with E-state index in [2.05, 4.69) is 59.5 Å². The minimum absolute atomic E-state index is 0.0814. The van der Waals surface area contributed by atoms with E-state index in [1.807, 2.05) is 23.3 Å². The molecule has 0 aliphatic carbocycles. The van der Waals surface area contributed by atoms with E-state index in [1.165, 1.54) is 16.9 Å². The molecule has 3 heterocycles. The van der Waals surface area contributed by atoms with Crippen molar-refractivity contribution in [2.75, 3.05) is 25.0 Å². The monoisotopic (exact) mass is 520 g/mol. The molecule has 1 fully saturated rings. The molecule has 1 saturated heterocycles. The van der Waals surface area contributed by atoms with E-state index in [-0.39, 0.29) is 11.6 Å². The van der Waals surface area contributed by atoms with Gasteiger partial charge in [0.15, 0.2) is 5.13 Å². The zero-order valence-electron chi connectivity index (χ0n) is 21.5. The number of thiazole rings is 1. The molecule has 1 unspecified atom stereocenters. The van der Waals surface area contributed by atoms with Crippen LogP contribution in [0.4, 0.5) is 13.9 Å². The Hall–Kier alpha value is -3.03. The molecule has 5 rings (SSSR count). The molecular formula is C30H34F2N4S. The maximum Gasteiger partial charge on any atom is 0.264 e. The number of rotatable bonds is 8. The second kappa shape index (κ2) is 10.8. The third-order valence-electron chi connectivity index (χ3n) is 7.93. The molecule has 3 aromatic rings. The van der Waals surface area contributed by atoms with Crippen LogP contribution in [0.3, 0.4) is 0 Å². The second-order valence-corrected chi connectivity index (χ2v) is 10.9. The number of likely N-dealkylation sites (tertiary alicyclic amines) is 1. The molecule has 1 N–H and O–H groups in total. The standard InChI is InChI=1S/C30H34F2N4S/c1-5-35-13-10-24(11-14-35)22-6-8-23(9-7-22)25-16-26-21(4)36(18-28(26)27(17-25)29(31)32)20(3)19(2)34-30-33-12-15-37-30/h6-9,12,15-17,20,24,29H,2,4-5,10-11,13-14,18H2,1,3H3,(H,33,34). The van der Waals surface area contributed by atoms with Crippen molar-refractivity contribution in [1.29, 1.82) is 0 Å². The van der Waals surface area contributed by atoms with Crippen LogP contribution in [0.2, 0.25) is 0 Å². The van der Waals surface area contributed by atoms with Crippen LogP contribution in [0.1, 0.15) is 61.3 Å². The second-order valence-electron chi connectivity index (χ2n) is 9.96. The summed E-state index contributed by atoms with van der Waals surface area (Å²) >= 11 is 1.49. The highest BCUT2D eigenvalue weighted by atomic mass is 32.1. The Morgan fingerprint density at radius 3 is 2.51 bits per heavy atom. The van der Waals surface area contributed by atoms with Crippen LogP contribution in [0.5, 0.6) is 0 Å². The zero-order chi connectivity index (χ0) is 26.1. The largest absolute Gasteiger partial charge is 0.359 e. The smallest absolute Gasteiger partial charge is 0.264 e. The fourth-order valence-electron chi connectivity index (χ4n) is 5.53. The molecule has 0 spiro atoms. The van der Waals surface area contributed by atoms with E-state index >= 15 is 0 Å². The highest BCUT2D eigenvalue weighted by molar-refractivity contribution is 7.13. The molecule has 0 bridgehead atoms. The van der Waals surface area contributed by atoms with E-state index in [0.717, 1.165) is 65.7 Å². The summed E-state index contributed by atoms with van der Waals surface area (Å²) in [5, 5.41) is 5.89. The number of hydrogen-bond acceptors (Lipinski definition) is 5. The molecule has 37 heavy (non-hydrogen) atoms. The molecule has 7 heteroatoms. The summed E-state index contributed by atoms with van der Waals surface area (Å²) in [6.45, 7) is 16.4. The van der Waals surface area contributed by atoms with Gasteiger partial charge in [-0.1, -0.05) is 44.3 Å². The first kappa shape index (κ1) is 25.6. The molecule has 2 aliphatic rings. The van der Waals surface area contributed by atoms with Crippen molar-refractivity contribution in [2.24, 2.45) is 0 Å². The summed E-state index contributed by atoms with van der Waals surface area (Å²) in [6.07, 6.45) is 1.50. The van der Waals surface area contributed by atoms with Crippen molar-refractivity contribution in [1.82, 2.24) is 14.8 Å². The minimum Gasteiger partial charge on any atom is -0.359 e. The van der Waals surface area contributed by atoms with Crippen LogP contribution in [-0.4, -0.2) is 40.5 Å². The molecule has 0 amide bonds. The Labute approximate surface area is 222 Å². The normalized spacial score (nSPS) is 17.3. The maximum atomic E-state index is 14.3. The van der Waals surface area contributed by atoms with Crippen molar-refractivity contribution in [3.05, 3.63) is 89.1 Å². The minimum atomic E-state index is -2.56. The first-order valence-electron chi connectivity index (χ1n) is 12.9. The number of aromatic nitrogens is 1. The third-order valence-corrected chi connectivity index (χ3v) is 8.62. The van der Waals surface area contributed by atoms with Crippen LogP contribution in [0, 0.1) is 0 Å². The van der Waals surface area contributed by atoms with Gasteiger partial charge in [0.1, 0.15) is 0 Å². The van der Waals surface area contributed by atoms with Gasteiger partial charge >= 0.3 is 0 Å². The Morgan fingerprint density at radius 1 is 1.16 bits per heavy atom.